The number of nitrogens with zero attached hydrogens (tertiary/aromatic N) is 1. The van der Waals surface area contributed by atoms with Gasteiger partial charge in [0, 0.05) is 18.7 Å². The first kappa shape index (κ1) is 28.5. The molecule has 2 amide bonds. The molecule has 8 heteroatoms. The molecule has 4 N–H and O–H groups in total. The molecule has 3 aromatic rings. The van der Waals surface area contributed by atoms with Crippen molar-refractivity contribution in [3.05, 3.63) is 115 Å². The molecule has 0 atom stereocenters. The lowest BCUT2D eigenvalue weighted by Gasteiger charge is -2.17. The number of nitrogens with one attached hydrogen (secondary N) is 2. The molecule has 0 spiro atoms. The number of carbonyl (C=O) groups excluding carboxylic acids is 2. The van der Waals surface area contributed by atoms with Crippen LogP contribution in [0.4, 0.5) is 5.69 Å². The molecule has 0 aromatic heterocycles. The van der Waals surface area contributed by atoms with Gasteiger partial charge in [-0.3, -0.25) is 14.4 Å². The minimum absolute atomic E-state index is 0.0533. The van der Waals surface area contributed by atoms with Crippen LogP contribution in [-0.4, -0.2) is 29.9 Å². The van der Waals surface area contributed by atoms with Crippen molar-refractivity contribution >= 4 is 28.6 Å². The summed E-state index contributed by atoms with van der Waals surface area (Å²) in [7, 11) is 0. The zero-order valence-corrected chi connectivity index (χ0v) is 24.3. The Hall–Kier alpha value is -4.98. The van der Waals surface area contributed by atoms with Gasteiger partial charge >= 0.3 is 0 Å². The molecule has 0 bridgehead atoms. The van der Waals surface area contributed by atoms with Crippen molar-refractivity contribution in [3.8, 4) is 11.5 Å². The van der Waals surface area contributed by atoms with Crippen molar-refractivity contribution in [1.82, 2.24) is 15.6 Å². The standard InChI is InChI=1S/C34H34N4O4/c1-19-5-10-23(11-6-19)15-17-36-33(40)25-14-9-21(3)31-28(25)38-29-26(27(35)30(39)22(4)32(29)42-31)34(41)37-18-16-24-12-7-20(2)8-13-24/h5-14H,15-18,35H2,1-4H3,(H,36,40)(H,37,41). The average molecular weight is 563 g/mol. The Morgan fingerprint density at radius 2 is 1.33 bits per heavy atom. The van der Waals surface area contributed by atoms with Crippen LogP contribution in [0.2, 0.25) is 0 Å². The molecule has 0 unspecified atom stereocenters. The molecule has 214 valence electrons. The number of nitrogens with two attached hydrogens (primary N) is 1. The zero-order chi connectivity index (χ0) is 30.0. The van der Waals surface area contributed by atoms with Crippen LogP contribution >= 0.6 is 0 Å². The second kappa shape index (κ2) is 11.9. The Balaban J connectivity index is 1.48. The van der Waals surface area contributed by atoms with Gasteiger partial charge in [-0.05, 0) is 63.3 Å². The van der Waals surface area contributed by atoms with Gasteiger partial charge in [-0.25, -0.2) is 4.98 Å². The Bertz CT molecular complexity index is 1820. The van der Waals surface area contributed by atoms with Gasteiger partial charge in [-0.15, -0.1) is 0 Å². The fourth-order valence-electron chi connectivity index (χ4n) is 4.94. The first-order valence-electron chi connectivity index (χ1n) is 14.0. The van der Waals surface area contributed by atoms with Gasteiger partial charge in [-0.2, -0.15) is 0 Å². The van der Waals surface area contributed by atoms with E-state index in [1.807, 2.05) is 69.3 Å². The van der Waals surface area contributed by atoms with Crippen LogP contribution in [0, 0.1) is 27.7 Å². The highest BCUT2D eigenvalue weighted by molar-refractivity contribution is 6.08. The quantitative estimate of drug-likeness (QED) is 0.179. The smallest absolute Gasteiger partial charge is 0.255 e. The highest BCUT2D eigenvalue weighted by Gasteiger charge is 2.28. The number of rotatable bonds is 8. The van der Waals surface area contributed by atoms with Crippen LogP contribution in [0.5, 0.6) is 0 Å². The highest BCUT2D eigenvalue weighted by Crippen LogP contribution is 2.34. The largest absolute Gasteiger partial charge is 0.452 e. The molecule has 2 aliphatic rings. The molecular formula is C34H34N4O4. The van der Waals surface area contributed by atoms with Crippen molar-refractivity contribution in [2.75, 3.05) is 18.8 Å². The summed E-state index contributed by atoms with van der Waals surface area (Å²) in [5.74, 6) is -0.672. The maximum atomic E-state index is 13.4. The highest BCUT2D eigenvalue weighted by atomic mass is 16.3. The normalized spacial score (nSPS) is 11.1. The number of hydrogen-bond donors (Lipinski definition) is 3. The van der Waals surface area contributed by atoms with E-state index in [1.165, 1.54) is 5.56 Å². The van der Waals surface area contributed by atoms with E-state index < -0.39 is 11.3 Å². The molecule has 1 aliphatic carbocycles. The third kappa shape index (κ3) is 5.74. The summed E-state index contributed by atoms with van der Waals surface area (Å²) in [6.07, 6.45) is 1.28. The lowest BCUT2D eigenvalue weighted by Crippen LogP contribution is -2.30. The fraction of sp³-hybridized carbons (Fsp3) is 0.235. The number of nitrogen functional groups attached to an aromatic ring is 1. The van der Waals surface area contributed by atoms with Gasteiger partial charge < -0.3 is 20.8 Å². The van der Waals surface area contributed by atoms with Gasteiger partial charge in [0.25, 0.3) is 11.8 Å². The minimum Gasteiger partial charge on any atom is -0.452 e. The van der Waals surface area contributed by atoms with E-state index in [2.05, 4.69) is 10.6 Å². The van der Waals surface area contributed by atoms with E-state index in [-0.39, 0.29) is 34.2 Å². The predicted molar refractivity (Wildman–Crippen MR) is 165 cm³/mol. The molecule has 0 fully saturated rings. The van der Waals surface area contributed by atoms with Crippen LogP contribution in [0.25, 0.3) is 22.6 Å². The van der Waals surface area contributed by atoms with Crippen molar-refractivity contribution in [2.45, 2.75) is 40.5 Å². The van der Waals surface area contributed by atoms with Crippen LogP contribution in [-0.2, 0) is 12.8 Å². The maximum Gasteiger partial charge on any atom is 0.255 e. The van der Waals surface area contributed by atoms with E-state index in [0.29, 0.717) is 42.6 Å². The van der Waals surface area contributed by atoms with E-state index in [0.717, 1.165) is 22.3 Å². The number of amides is 2. The number of benzene rings is 4. The molecule has 0 radical (unpaired) electrons. The Morgan fingerprint density at radius 1 is 0.786 bits per heavy atom. The summed E-state index contributed by atoms with van der Waals surface area (Å²) in [6.45, 7) is 8.24. The fourth-order valence-corrected chi connectivity index (χ4v) is 4.94. The van der Waals surface area contributed by atoms with Crippen molar-refractivity contribution in [2.24, 2.45) is 0 Å². The third-order valence-corrected chi connectivity index (χ3v) is 7.51. The summed E-state index contributed by atoms with van der Waals surface area (Å²) in [5.41, 5.74) is 12.1. The van der Waals surface area contributed by atoms with Gasteiger partial charge in [0.1, 0.15) is 11.2 Å². The number of fused-ring (bicyclic) bond motifs is 2. The molecule has 8 nitrogen and oxygen atoms in total. The molecule has 1 aliphatic heterocycles. The van der Waals surface area contributed by atoms with E-state index in [1.54, 1.807) is 19.1 Å². The second-order valence-electron chi connectivity index (χ2n) is 10.7. The molecule has 0 saturated heterocycles. The monoisotopic (exact) mass is 562 g/mol. The third-order valence-electron chi connectivity index (χ3n) is 7.51. The topological polar surface area (TPSA) is 127 Å². The lowest BCUT2D eigenvalue weighted by atomic mass is 9.99. The van der Waals surface area contributed by atoms with Crippen LogP contribution in [0.3, 0.4) is 0 Å². The van der Waals surface area contributed by atoms with E-state index in [4.69, 9.17) is 15.1 Å². The molecular weight excluding hydrogens is 528 g/mol. The number of aryl methyl sites for hydroxylation is 3. The molecule has 1 heterocycles. The maximum absolute atomic E-state index is 13.4. The first-order chi connectivity index (χ1) is 20.1. The van der Waals surface area contributed by atoms with E-state index in [9.17, 15) is 14.4 Å². The summed E-state index contributed by atoms with van der Waals surface area (Å²) < 4.78 is 6.22. The van der Waals surface area contributed by atoms with Crippen molar-refractivity contribution in [3.63, 3.8) is 0 Å². The SMILES string of the molecule is Cc1ccc(CCNC(=O)c2c3nc4c(C(=O)NCCc5ccc(C)cc5)ccc(C)c4oc-3c(C)c(=O)c2N)cc1. The first-order valence-corrected chi connectivity index (χ1v) is 14.0. The van der Waals surface area contributed by atoms with Crippen LogP contribution in [0.1, 0.15) is 54.1 Å². The summed E-state index contributed by atoms with van der Waals surface area (Å²) in [6, 6.07) is 19.7. The van der Waals surface area contributed by atoms with Crippen molar-refractivity contribution < 1.29 is 14.0 Å². The summed E-state index contributed by atoms with van der Waals surface area (Å²) in [5, 5.41) is 5.83. The number of aromatic nitrogens is 1. The number of anilines is 1. The van der Waals surface area contributed by atoms with E-state index >= 15 is 0 Å². The zero-order valence-electron chi connectivity index (χ0n) is 24.3. The number of hydrogen-bond acceptors (Lipinski definition) is 6. The lowest BCUT2D eigenvalue weighted by molar-refractivity contribution is 0.0947. The van der Waals surface area contributed by atoms with Crippen molar-refractivity contribution in [1.29, 1.82) is 0 Å². The predicted octanol–water partition coefficient (Wildman–Crippen LogP) is 5.05. The summed E-state index contributed by atoms with van der Waals surface area (Å²) in [4.78, 5) is 44.5. The number of carbonyl (C=O) groups is 2. The van der Waals surface area contributed by atoms with Crippen LogP contribution < -0.4 is 21.8 Å². The van der Waals surface area contributed by atoms with Gasteiger partial charge in [-0.1, -0.05) is 65.7 Å². The Morgan fingerprint density at radius 3 is 1.90 bits per heavy atom. The van der Waals surface area contributed by atoms with Crippen LogP contribution in [0.15, 0.2) is 69.9 Å². The van der Waals surface area contributed by atoms with Gasteiger partial charge in [0.2, 0.25) is 5.43 Å². The van der Waals surface area contributed by atoms with Gasteiger partial charge in [0.15, 0.2) is 11.3 Å². The van der Waals surface area contributed by atoms with Gasteiger partial charge in [0.05, 0.1) is 16.8 Å². The molecule has 42 heavy (non-hydrogen) atoms. The minimum atomic E-state index is -0.527. The second-order valence-corrected chi connectivity index (χ2v) is 10.7. The summed E-state index contributed by atoms with van der Waals surface area (Å²) >= 11 is 0. The average Bonchev–Trinajstić information content (AvgIpc) is 2.98. The molecule has 5 rings (SSSR count). The molecule has 0 saturated carbocycles. The Labute approximate surface area is 244 Å². The molecule has 3 aromatic carbocycles. The Kier molecular flexibility index (Phi) is 8.06.